The molecule has 0 amide bonds. The molecule has 2 N–H and O–H groups in total. The minimum atomic E-state index is -4.38. The molecule has 0 saturated heterocycles. The zero-order valence-electron chi connectivity index (χ0n) is 11.1. The number of carbonyl (C=O) groups is 1. The minimum Gasteiger partial charge on any atom is -0.480 e. The number of halogens is 4. The Labute approximate surface area is 125 Å². The largest absolute Gasteiger partial charge is 0.480 e. The maximum atomic E-state index is 12.9. The smallest absolute Gasteiger partial charge is 0.391 e. The fraction of sp³-hybridized carbons (Fsp3) is 0.500. The van der Waals surface area contributed by atoms with Crippen LogP contribution in [0.4, 0.5) is 18.9 Å². The van der Waals surface area contributed by atoms with Crippen molar-refractivity contribution in [2.75, 3.05) is 5.32 Å². The summed E-state index contributed by atoms with van der Waals surface area (Å²) in [7, 11) is 0. The lowest BCUT2D eigenvalue weighted by atomic mass is 9.75. The molecule has 0 heterocycles. The molecule has 2 rings (SSSR count). The van der Waals surface area contributed by atoms with E-state index in [2.05, 4.69) is 5.32 Å². The Hall–Kier alpha value is -1.43. The number of hydrogen-bond donors (Lipinski definition) is 2. The molecular formula is C14H15ClF3NO2. The third kappa shape index (κ3) is 3.61. The molecule has 1 fully saturated rings. The summed E-state index contributed by atoms with van der Waals surface area (Å²) in [5.41, 5.74) is -1.20. The summed E-state index contributed by atoms with van der Waals surface area (Å²) in [6.07, 6.45) is -4.52. The fourth-order valence-corrected chi connectivity index (χ4v) is 2.95. The Kier molecular flexibility index (Phi) is 4.37. The average Bonchev–Trinajstić information content (AvgIpc) is 2.37. The summed E-state index contributed by atoms with van der Waals surface area (Å²) in [6, 6.07) is 6.32. The average molecular weight is 322 g/mol. The van der Waals surface area contributed by atoms with Gasteiger partial charge in [0.05, 0.1) is 5.92 Å². The maximum absolute atomic E-state index is 12.9. The fourth-order valence-electron chi connectivity index (χ4n) is 2.76. The van der Waals surface area contributed by atoms with Gasteiger partial charge in [0.25, 0.3) is 0 Å². The van der Waals surface area contributed by atoms with Gasteiger partial charge in [0.2, 0.25) is 0 Å². The first kappa shape index (κ1) is 15.9. The highest BCUT2D eigenvalue weighted by atomic mass is 35.5. The van der Waals surface area contributed by atoms with Crippen LogP contribution in [-0.4, -0.2) is 22.8 Å². The molecule has 0 radical (unpaired) electrons. The van der Waals surface area contributed by atoms with Crippen molar-refractivity contribution in [3.63, 3.8) is 0 Å². The van der Waals surface area contributed by atoms with Crippen LogP contribution in [0.25, 0.3) is 0 Å². The molecule has 0 spiro atoms. The van der Waals surface area contributed by atoms with E-state index in [4.69, 9.17) is 11.6 Å². The molecule has 1 aliphatic rings. The van der Waals surface area contributed by atoms with Gasteiger partial charge in [0, 0.05) is 10.7 Å². The Morgan fingerprint density at radius 2 is 2.14 bits per heavy atom. The molecule has 7 heteroatoms. The molecule has 1 aliphatic carbocycles. The van der Waals surface area contributed by atoms with Crippen LogP contribution in [0, 0.1) is 5.92 Å². The van der Waals surface area contributed by atoms with Gasteiger partial charge in [-0.25, -0.2) is 4.79 Å². The summed E-state index contributed by atoms with van der Waals surface area (Å²) >= 11 is 5.82. The Bertz CT molecular complexity index is 535. The standard InChI is InChI=1S/C14H15ClF3NO2/c15-10-4-1-5-11(7-10)19-13(12(20)21)6-2-3-9(8-13)14(16,17)18/h1,4-5,7,9,19H,2-3,6,8H2,(H,20,21). The SMILES string of the molecule is O=C(O)C1(Nc2cccc(Cl)c2)CCCC(C(F)(F)F)C1. The van der Waals surface area contributed by atoms with Crippen molar-refractivity contribution in [1.29, 1.82) is 0 Å². The zero-order valence-corrected chi connectivity index (χ0v) is 11.8. The van der Waals surface area contributed by atoms with E-state index < -0.39 is 30.0 Å². The molecule has 3 nitrogen and oxygen atoms in total. The first-order valence-electron chi connectivity index (χ1n) is 6.57. The third-order valence-corrected chi connectivity index (χ3v) is 4.07. The second-order valence-corrected chi connectivity index (χ2v) is 5.79. The molecule has 1 saturated carbocycles. The summed E-state index contributed by atoms with van der Waals surface area (Å²) in [5.74, 6) is -2.87. The number of anilines is 1. The van der Waals surface area contributed by atoms with E-state index in [1.807, 2.05) is 0 Å². The number of rotatable bonds is 3. The van der Waals surface area contributed by atoms with Crippen LogP contribution in [0.3, 0.4) is 0 Å². The van der Waals surface area contributed by atoms with Crippen LogP contribution in [0.2, 0.25) is 5.02 Å². The first-order chi connectivity index (χ1) is 9.73. The second-order valence-electron chi connectivity index (χ2n) is 5.36. The van der Waals surface area contributed by atoms with Gasteiger partial charge in [-0.1, -0.05) is 17.7 Å². The number of benzene rings is 1. The number of alkyl halides is 3. The molecule has 0 aliphatic heterocycles. The Balaban J connectivity index is 2.26. The van der Waals surface area contributed by atoms with Crippen molar-refractivity contribution in [3.05, 3.63) is 29.3 Å². The Morgan fingerprint density at radius 3 is 2.71 bits per heavy atom. The summed E-state index contributed by atoms with van der Waals surface area (Å²) in [4.78, 5) is 11.6. The molecule has 2 unspecified atom stereocenters. The van der Waals surface area contributed by atoms with Crippen molar-refractivity contribution in [3.8, 4) is 0 Å². The quantitative estimate of drug-likeness (QED) is 0.871. The molecule has 21 heavy (non-hydrogen) atoms. The van der Waals surface area contributed by atoms with E-state index in [-0.39, 0.29) is 19.3 Å². The van der Waals surface area contributed by atoms with E-state index in [1.165, 1.54) is 6.07 Å². The number of aliphatic carboxylic acids is 1. The van der Waals surface area contributed by atoms with E-state index in [1.54, 1.807) is 18.2 Å². The Morgan fingerprint density at radius 1 is 1.43 bits per heavy atom. The highest BCUT2D eigenvalue weighted by molar-refractivity contribution is 6.30. The molecular weight excluding hydrogens is 307 g/mol. The lowest BCUT2D eigenvalue weighted by Gasteiger charge is -2.39. The van der Waals surface area contributed by atoms with Gasteiger partial charge in [0.1, 0.15) is 5.54 Å². The summed E-state index contributed by atoms with van der Waals surface area (Å²) < 4.78 is 38.7. The van der Waals surface area contributed by atoms with Gasteiger partial charge in [-0.05, 0) is 43.9 Å². The van der Waals surface area contributed by atoms with Crippen LogP contribution in [-0.2, 0) is 4.79 Å². The summed E-state index contributed by atoms with van der Waals surface area (Å²) in [5, 5.41) is 12.6. The van der Waals surface area contributed by atoms with Crippen molar-refractivity contribution in [1.82, 2.24) is 0 Å². The molecule has 0 bridgehead atoms. The van der Waals surface area contributed by atoms with Crippen molar-refractivity contribution in [2.24, 2.45) is 5.92 Å². The number of carboxylic acid groups (broad SMARTS) is 1. The van der Waals surface area contributed by atoms with Crippen molar-refractivity contribution >= 4 is 23.3 Å². The van der Waals surface area contributed by atoms with Crippen LogP contribution < -0.4 is 5.32 Å². The number of carboxylic acids is 1. The lowest BCUT2D eigenvalue weighted by Crippen LogP contribution is -2.52. The van der Waals surface area contributed by atoms with E-state index in [0.29, 0.717) is 10.7 Å². The van der Waals surface area contributed by atoms with Gasteiger partial charge in [0.15, 0.2) is 0 Å². The molecule has 0 aromatic heterocycles. The van der Waals surface area contributed by atoms with Gasteiger partial charge in [-0.3, -0.25) is 0 Å². The minimum absolute atomic E-state index is 0.0320. The van der Waals surface area contributed by atoms with Gasteiger partial charge >= 0.3 is 12.1 Å². The predicted molar refractivity (Wildman–Crippen MR) is 73.5 cm³/mol. The van der Waals surface area contributed by atoms with Crippen LogP contribution in [0.15, 0.2) is 24.3 Å². The molecule has 116 valence electrons. The molecule has 1 aromatic rings. The molecule has 2 atom stereocenters. The second kappa shape index (κ2) is 5.75. The number of nitrogens with one attached hydrogen (secondary N) is 1. The topological polar surface area (TPSA) is 49.3 Å². The maximum Gasteiger partial charge on any atom is 0.391 e. The predicted octanol–water partition coefficient (Wildman–Crippen LogP) is 4.33. The van der Waals surface area contributed by atoms with Crippen molar-refractivity contribution < 1.29 is 23.1 Å². The van der Waals surface area contributed by atoms with Crippen LogP contribution >= 0.6 is 11.6 Å². The van der Waals surface area contributed by atoms with E-state index in [9.17, 15) is 23.1 Å². The highest BCUT2D eigenvalue weighted by Crippen LogP contribution is 2.43. The lowest BCUT2D eigenvalue weighted by molar-refractivity contribution is -0.188. The highest BCUT2D eigenvalue weighted by Gasteiger charge is 2.51. The monoisotopic (exact) mass is 321 g/mol. The van der Waals surface area contributed by atoms with Gasteiger partial charge < -0.3 is 10.4 Å². The molecule has 1 aromatic carbocycles. The first-order valence-corrected chi connectivity index (χ1v) is 6.95. The van der Waals surface area contributed by atoms with Gasteiger partial charge in [-0.15, -0.1) is 0 Å². The van der Waals surface area contributed by atoms with E-state index in [0.717, 1.165) is 0 Å². The van der Waals surface area contributed by atoms with Crippen LogP contribution in [0.1, 0.15) is 25.7 Å². The zero-order chi connectivity index (χ0) is 15.7. The van der Waals surface area contributed by atoms with Crippen molar-refractivity contribution in [2.45, 2.75) is 37.4 Å². The van der Waals surface area contributed by atoms with Crippen LogP contribution in [0.5, 0.6) is 0 Å². The number of hydrogen-bond acceptors (Lipinski definition) is 2. The normalized spacial score (nSPS) is 26.4. The van der Waals surface area contributed by atoms with Gasteiger partial charge in [-0.2, -0.15) is 13.2 Å². The summed E-state index contributed by atoms with van der Waals surface area (Å²) in [6.45, 7) is 0. The third-order valence-electron chi connectivity index (χ3n) is 3.83. The van der Waals surface area contributed by atoms with E-state index >= 15 is 0 Å².